The molecule has 32 heavy (non-hydrogen) atoms. The Morgan fingerprint density at radius 3 is 2.34 bits per heavy atom. The lowest BCUT2D eigenvalue weighted by Gasteiger charge is -2.45. The molecule has 3 N–H and O–H groups in total. The van der Waals surface area contributed by atoms with Crippen molar-refractivity contribution >= 4 is 0 Å². The van der Waals surface area contributed by atoms with Crippen molar-refractivity contribution < 1.29 is 14.6 Å². The minimum atomic E-state index is -1.69. The first-order valence-corrected chi connectivity index (χ1v) is 10.4. The Bertz CT molecular complexity index is 1010. The van der Waals surface area contributed by atoms with E-state index in [1.165, 1.54) is 14.2 Å². The number of nitriles is 3. The van der Waals surface area contributed by atoms with Crippen molar-refractivity contribution in [2.24, 2.45) is 17.1 Å². The van der Waals surface area contributed by atoms with Gasteiger partial charge in [0.05, 0.1) is 37.6 Å². The molecule has 1 aromatic rings. The standard InChI is InChI=1S/C22H23N5O2.C2H6O/c1-4-27-9-8-14-16(10-23)21(26)22(12-24,13-25)19(17(14)11-27)15-6-5-7-18(28-2)20(15)29-3;1-2-3/h5-8,17,19H,4,9,11,26H2,1-3H3;3H,2H2,1H3/t17-,19+;/m0./s1. The van der Waals surface area contributed by atoms with Crippen LogP contribution in [0.3, 0.4) is 0 Å². The summed E-state index contributed by atoms with van der Waals surface area (Å²) in [6.07, 6.45) is 1.99. The highest BCUT2D eigenvalue weighted by molar-refractivity contribution is 5.62. The molecular formula is C24H29N5O3. The fourth-order valence-corrected chi connectivity index (χ4v) is 4.50. The van der Waals surface area contributed by atoms with Crippen LogP contribution in [0.2, 0.25) is 0 Å². The Labute approximate surface area is 189 Å². The monoisotopic (exact) mass is 435 g/mol. The zero-order chi connectivity index (χ0) is 23.9. The van der Waals surface area contributed by atoms with E-state index in [-0.39, 0.29) is 23.8 Å². The molecule has 2 atom stereocenters. The molecule has 0 unspecified atom stereocenters. The second kappa shape index (κ2) is 10.7. The molecule has 0 fully saturated rings. The van der Waals surface area contributed by atoms with Crippen LogP contribution in [-0.2, 0) is 0 Å². The Kier molecular flexibility index (Phi) is 8.27. The van der Waals surface area contributed by atoms with E-state index in [2.05, 4.69) is 30.0 Å². The highest BCUT2D eigenvalue weighted by Gasteiger charge is 2.55. The average molecular weight is 436 g/mol. The lowest BCUT2D eigenvalue weighted by molar-refractivity contribution is 0.211. The molecule has 1 heterocycles. The van der Waals surface area contributed by atoms with Gasteiger partial charge in [0.15, 0.2) is 16.9 Å². The van der Waals surface area contributed by atoms with Gasteiger partial charge in [0.2, 0.25) is 0 Å². The highest BCUT2D eigenvalue weighted by atomic mass is 16.5. The van der Waals surface area contributed by atoms with Crippen molar-refractivity contribution in [2.75, 3.05) is 40.5 Å². The molecule has 1 aromatic carbocycles. The second-order valence-corrected chi connectivity index (χ2v) is 7.43. The fraction of sp³-hybridized carbons (Fsp3) is 0.458. The third-order valence-corrected chi connectivity index (χ3v) is 5.96. The molecule has 0 spiro atoms. The molecule has 168 valence electrons. The summed E-state index contributed by atoms with van der Waals surface area (Å²) in [5, 5.41) is 37.7. The average Bonchev–Trinajstić information content (AvgIpc) is 2.83. The Hall–Kier alpha value is -3.51. The van der Waals surface area contributed by atoms with Crippen molar-refractivity contribution in [3.8, 4) is 29.7 Å². The van der Waals surface area contributed by atoms with Gasteiger partial charge in [0.25, 0.3) is 0 Å². The maximum Gasteiger partial charge on any atom is 0.191 e. The minimum absolute atomic E-state index is 0.00678. The fourth-order valence-electron chi connectivity index (χ4n) is 4.50. The summed E-state index contributed by atoms with van der Waals surface area (Å²) in [6, 6.07) is 11.8. The number of hydrogen-bond acceptors (Lipinski definition) is 8. The number of hydrogen-bond donors (Lipinski definition) is 2. The van der Waals surface area contributed by atoms with Crippen molar-refractivity contribution in [1.82, 2.24) is 4.90 Å². The van der Waals surface area contributed by atoms with Crippen LogP contribution in [0.15, 0.2) is 41.1 Å². The molecule has 8 heteroatoms. The molecule has 3 rings (SSSR count). The number of nitrogens with zero attached hydrogens (tertiary/aromatic N) is 4. The quantitative estimate of drug-likeness (QED) is 0.735. The third-order valence-electron chi connectivity index (χ3n) is 5.96. The van der Waals surface area contributed by atoms with Crippen LogP contribution in [0.25, 0.3) is 0 Å². The molecule has 1 aliphatic heterocycles. The van der Waals surface area contributed by atoms with E-state index in [1.54, 1.807) is 19.1 Å². The number of benzene rings is 1. The first kappa shape index (κ1) is 24.8. The van der Waals surface area contributed by atoms with Gasteiger partial charge in [-0.15, -0.1) is 0 Å². The molecule has 0 radical (unpaired) electrons. The Morgan fingerprint density at radius 1 is 1.19 bits per heavy atom. The maximum atomic E-state index is 10.2. The molecular weight excluding hydrogens is 406 g/mol. The van der Waals surface area contributed by atoms with E-state index in [0.29, 0.717) is 30.2 Å². The number of methoxy groups -OCH3 is 2. The number of rotatable bonds is 4. The zero-order valence-electron chi connectivity index (χ0n) is 18.9. The van der Waals surface area contributed by atoms with E-state index < -0.39 is 11.3 Å². The lowest BCUT2D eigenvalue weighted by Crippen LogP contribution is -2.48. The lowest BCUT2D eigenvalue weighted by atomic mass is 9.58. The van der Waals surface area contributed by atoms with E-state index in [9.17, 15) is 15.8 Å². The smallest absolute Gasteiger partial charge is 0.191 e. The van der Waals surface area contributed by atoms with E-state index >= 15 is 0 Å². The molecule has 2 aliphatic rings. The van der Waals surface area contributed by atoms with Gasteiger partial charge in [-0.25, -0.2) is 0 Å². The number of aliphatic hydroxyl groups excluding tert-OH is 1. The van der Waals surface area contributed by atoms with Crippen LogP contribution in [0.5, 0.6) is 11.5 Å². The molecule has 8 nitrogen and oxygen atoms in total. The van der Waals surface area contributed by atoms with E-state index in [4.69, 9.17) is 20.3 Å². The molecule has 0 saturated heterocycles. The summed E-state index contributed by atoms with van der Waals surface area (Å²) >= 11 is 0. The number of ether oxygens (including phenoxy) is 2. The van der Waals surface area contributed by atoms with Gasteiger partial charge in [-0.3, -0.25) is 4.90 Å². The normalized spacial score (nSPS) is 21.5. The maximum absolute atomic E-state index is 10.2. The number of likely N-dealkylation sites (N-methyl/N-ethyl adjacent to an activating group) is 1. The summed E-state index contributed by atoms with van der Waals surface area (Å²) in [5.74, 6) is 0.111. The SMILES string of the molecule is CCN1CC=C2C(C#N)=C(N)C(C#N)(C#N)[C@H](c3cccc(OC)c3OC)[C@H]2C1.CCO. The van der Waals surface area contributed by atoms with Crippen LogP contribution >= 0.6 is 0 Å². The molecule has 0 amide bonds. The number of nitrogens with two attached hydrogens (primary N) is 1. The van der Waals surface area contributed by atoms with Crippen molar-refractivity contribution in [3.63, 3.8) is 0 Å². The zero-order valence-corrected chi connectivity index (χ0v) is 18.9. The summed E-state index contributed by atoms with van der Waals surface area (Å²) in [5.41, 5.74) is 6.36. The molecule has 0 saturated carbocycles. The summed E-state index contributed by atoms with van der Waals surface area (Å²) in [4.78, 5) is 2.21. The molecule has 0 aromatic heterocycles. The molecule has 1 aliphatic carbocycles. The van der Waals surface area contributed by atoms with E-state index in [1.807, 2.05) is 12.1 Å². The summed E-state index contributed by atoms with van der Waals surface area (Å²) < 4.78 is 11.1. The first-order valence-electron chi connectivity index (χ1n) is 10.4. The van der Waals surface area contributed by atoms with Gasteiger partial charge in [0.1, 0.15) is 6.07 Å². The van der Waals surface area contributed by atoms with Gasteiger partial charge in [-0.05, 0) is 25.1 Å². The van der Waals surface area contributed by atoms with Gasteiger partial charge >= 0.3 is 0 Å². The number of aliphatic hydroxyl groups is 1. The summed E-state index contributed by atoms with van der Waals surface area (Å²) in [6.45, 7) is 6.10. The predicted octanol–water partition coefficient (Wildman–Crippen LogP) is 2.45. The first-order chi connectivity index (χ1) is 15.4. The largest absolute Gasteiger partial charge is 0.493 e. The topological polar surface area (TPSA) is 139 Å². The minimum Gasteiger partial charge on any atom is -0.493 e. The second-order valence-electron chi connectivity index (χ2n) is 7.43. The van der Waals surface area contributed by atoms with Crippen LogP contribution in [-0.4, -0.2) is 50.5 Å². The Balaban J connectivity index is 0.00000114. The van der Waals surface area contributed by atoms with Crippen molar-refractivity contribution in [1.29, 1.82) is 15.8 Å². The van der Waals surface area contributed by atoms with Gasteiger partial charge in [-0.2, -0.15) is 15.8 Å². The van der Waals surface area contributed by atoms with Crippen LogP contribution in [0.4, 0.5) is 0 Å². The molecule has 0 bridgehead atoms. The van der Waals surface area contributed by atoms with Crippen LogP contribution in [0.1, 0.15) is 25.3 Å². The number of fused-ring (bicyclic) bond motifs is 1. The van der Waals surface area contributed by atoms with Crippen LogP contribution in [0, 0.1) is 45.3 Å². The van der Waals surface area contributed by atoms with Gasteiger partial charge in [0, 0.05) is 37.1 Å². The number of allylic oxidation sites excluding steroid dienone is 2. The van der Waals surface area contributed by atoms with E-state index in [0.717, 1.165) is 12.1 Å². The van der Waals surface area contributed by atoms with Crippen molar-refractivity contribution in [3.05, 3.63) is 46.7 Å². The van der Waals surface area contributed by atoms with Crippen molar-refractivity contribution in [2.45, 2.75) is 19.8 Å². The number of para-hydroxylation sites is 1. The summed E-state index contributed by atoms with van der Waals surface area (Å²) in [7, 11) is 3.07. The Morgan fingerprint density at radius 2 is 1.84 bits per heavy atom. The third kappa shape index (κ3) is 4.01. The van der Waals surface area contributed by atoms with Gasteiger partial charge < -0.3 is 20.3 Å². The predicted molar refractivity (Wildman–Crippen MR) is 119 cm³/mol. The van der Waals surface area contributed by atoms with Crippen LogP contribution < -0.4 is 15.2 Å². The van der Waals surface area contributed by atoms with Gasteiger partial charge in [-0.1, -0.05) is 25.1 Å². The highest BCUT2D eigenvalue weighted by Crippen LogP contribution is 2.56.